The normalized spacial score (nSPS) is 12.9. The fourth-order valence-corrected chi connectivity index (χ4v) is 3.90. The van der Waals surface area contributed by atoms with Crippen LogP contribution in [0.15, 0.2) is 72.8 Å². The van der Waals surface area contributed by atoms with E-state index in [0.717, 1.165) is 11.6 Å². The van der Waals surface area contributed by atoms with Crippen molar-refractivity contribution in [2.45, 2.75) is 31.8 Å². The summed E-state index contributed by atoms with van der Waals surface area (Å²) in [4.78, 5) is 27.5. The number of ether oxygens (including phenoxy) is 1. The van der Waals surface area contributed by atoms with E-state index in [1.54, 1.807) is 43.5 Å². The Labute approximate surface area is 204 Å². The Balaban J connectivity index is 1.28. The summed E-state index contributed by atoms with van der Waals surface area (Å²) in [6.45, 7) is 1.50. The smallest absolute Gasteiger partial charge is 0.255 e. The van der Waals surface area contributed by atoms with Crippen molar-refractivity contribution in [1.82, 2.24) is 4.90 Å². The molecule has 4 rings (SSSR count). The summed E-state index contributed by atoms with van der Waals surface area (Å²) in [5, 5.41) is 6.50. The van der Waals surface area contributed by atoms with E-state index < -0.39 is 0 Å². The lowest BCUT2D eigenvalue weighted by Gasteiger charge is -2.22. The number of amides is 2. The Hall–Kier alpha value is -3.35. The Kier molecular flexibility index (Phi) is 7.83. The van der Waals surface area contributed by atoms with E-state index in [1.807, 2.05) is 36.4 Å². The summed E-state index contributed by atoms with van der Waals surface area (Å²) in [6, 6.07) is 22.5. The molecule has 3 aromatic rings. The molecule has 3 aromatic carbocycles. The molecule has 0 saturated heterocycles. The van der Waals surface area contributed by atoms with Crippen LogP contribution < -0.4 is 15.4 Å². The molecule has 7 heteroatoms. The van der Waals surface area contributed by atoms with Gasteiger partial charge in [-0.1, -0.05) is 35.9 Å². The van der Waals surface area contributed by atoms with Gasteiger partial charge in [-0.15, -0.1) is 0 Å². The fourth-order valence-electron chi connectivity index (χ4n) is 3.77. The zero-order chi connectivity index (χ0) is 23.9. The first-order chi connectivity index (χ1) is 16.5. The van der Waals surface area contributed by atoms with Crippen molar-refractivity contribution < 1.29 is 14.3 Å². The average Bonchev–Trinajstić information content (AvgIpc) is 3.69. The van der Waals surface area contributed by atoms with Crippen molar-refractivity contribution in [2.75, 3.05) is 24.3 Å². The van der Waals surface area contributed by atoms with Crippen LogP contribution in [0.1, 0.15) is 35.2 Å². The maximum Gasteiger partial charge on any atom is 0.255 e. The Bertz CT molecular complexity index is 1130. The number of benzene rings is 3. The summed E-state index contributed by atoms with van der Waals surface area (Å²) in [7, 11) is 1.56. The molecule has 0 aliphatic heterocycles. The molecule has 2 N–H and O–H groups in total. The van der Waals surface area contributed by atoms with E-state index in [1.165, 1.54) is 18.4 Å². The second-order valence-corrected chi connectivity index (χ2v) is 8.79. The molecule has 34 heavy (non-hydrogen) atoms. The number of halogens is 1. The van der Waals surface area contributed by atoms with E-state index >= 15 is 0 Å². The number of carbonyl (C=O) groups excluding carboxylic acids is 2. The molecule has 0 radical (unpaired) electrons. The lowest BCUT2D eigenvalue weighted by atomic mass is 10.1. The summed E-state index contributed by atoms with van der Waals surface area (Å²) in [5.41, 5.74) is 2.95. The topological polar surface area (TPSA) is 70.7 Å². The summed E-state index contributed by atoms with van der Waals surface area (Å²) >= 11 is 5.98. The maximum absolute atomic E-state index is 12.6. The second-order valence-electron chi connectivity index (χ2n) is 8.36. The van der Waals surface area contributed by atoms with Gasteiger partial charge in [0.15, 0.2) is 0 Å². The Morgan fingerprint density at radius 2 is 1.68 bits per heavy atom. The van der Waals surface area contributed by atoms with Gasteiger partial charge in [-0.05, 0) is 66.9 Å². The van der Waals surface area contributed by atoms with Crippen molar-refractivity contribution in [1.29, 1.82) is 0 Å². The van der Waals surface area contributed by atoms with Crippen LogP contribution in [-0.4, -0.2) is 36.4 Å². The predicted molar refractivity (Wildman–Crippen MR) is 136 cm³/mol. The van der Waals surface area contributed by atoms with Crippen LogP contribution in [0.2, 0.25) is 5.02 Å². The summed E-state index contributed by atoms with van der Waals surface area (Å²) < 4.78 is 5.27. The minimum absolute atomic E-state index is 0.0482. The van der Waals surface area contributed by atoms with Gasteiger partial charge in [0, 0.05) is 41.8 Å². The van der Waals surface area contributed by atoms with Crippen molar-refractivity contribution in [2.24, 2.45) is 0 Å². The van der Waals surface area contributed by atoms with Crippen LogP contribution in [0.5, 0.6) is 5.75 Å². The number of nitrogens with one attached hydrogen (secondary N) is 2. The first-order valence-corrected chi connectivity index (χ1v) is 11.7. The van der Waals surface area contributed by atoms with Crippen molar-refractivity contribution in [3.63, 3.8) is 0 Å². The molecule has 0 bridgehead atoms. The number of hydrogen-bond donors (Lipinski definition) is 2. The van der Waals surface area contributed by atoms with Gasteiger partial charge >= 0.3 is 0 Å². The molecule has 2 amide bonds. The standard InChI is InChI=1S/C27H28ClN3O3/c1-34-25-5-3-2-4-24(25)30-27(33)20-8-12-22(13-9-20)29-26(32)16-17-31(23-14-15-23)18-19-6-10-21(28)11-7-19/h2-13,23H,14-18H2,1H3,(H,29,32)(H,30,33). The summed E-state index contributed by atoms with van der Waals surface area (Å²) in [6.07, 6.45) is 2.75. The van der Waals surface area contributed by atoms with Gasteiger partial charge in [0.1, 0.15) is 5.75 Å². The molecular formula is C27H28ClN3O3. The maximum atomic E-state index is 12.6. The fraction of sp³-hybridized carbons (Fsp3) is 0.259. The van der Waals surface area contributed by atoms with Gasteiger partial charge in [-0.2, -0.15) is 0 Å². The molecule has 0 heterocycles. The van der Waals surface area contributed by atoms with E-state index in [4.69, 9.17) is 16.3 Å². The van der Waals surface area contributed by atoms with E-state index in [0.29, 0.717) is 41.7 Å². The van der Waals surface area contributed by atoms with E-state index in [9.17, 15) is 9.59 Å². The minimum atomic E-state index is -0.246. The zero-order valence-corrected chi connectivity index (χ0v) is 19.8. The van der Waals surface area contributed by atoms with Crippen LogP contribution in [0.25, 0.3) is 0 Å². The molecule has 1 aliphatic rings. The van der Waals surface area contributed by atoms with Crippen molar-refractivity contribution in [3.05, 3.63) is 88.9 Å². The molecule has 176 valence electrons. The third-order valence-electron chi connectivity index (χ3n) is 5.77. The number of carbonyl (C=O) groups is 2. The summed E-state index contributed by atoms with van der Waals surface area (Å²) in [5.74, 6) is 0.300. The highest BCUT2D eigenvalue weighted by atomic mass is 35.5. The lowest BCUT2D eigenvalue weighted by molar-refractivity contribution is -0.116. The molecule has 0 spiro atoms. The molecule has 1 fully saturated rings. The van der Waals surface area contributed by atoms with Crippen LogP contribution >= 0.6 is 11.6 Å². The number of methoxy groups -OCH3 is 1. The highest BCUT2D eigenvalue weighted by molar-refractivity contribution is 6.30. The lowest BCUT2D eigenvalue weighted by Crippen LogP contribution is -2.29. The minimum Gasteiger partial charge on any atom is -0.495 e. The quantitative estimate of drug-likeness (QED) is 0.399. The number of anilines is 2. The van der Waals surface area contributed by atoms with Gasteiger partial charge in [0.2, 0.25) is 5.91 Å². The first kappa shape index (κ1) is 23.8. The van der Waals surface area contributed by atoms with Crippen molar-refractivity contribution in [3.8, 4) is 5.75 Å². The molecule has 0 unspecified atom stereocenters. The Morgan fingerprint density at radius 1 is 0.971 bits per heavy atom. The molecule has 0 aromatic heterocycles. The number of nitrogens with zero attached hydrogens (tertiary/aromatic N) is 1. The van der Waals surface area contributed by atoms with Gasteiger partial charge in [0.05, 0.1) is 12.8 Å². The third kappa shape index (κ3) is 6.59. The zero-order valence-electron chi connectivity index (χ0n) is 19.1. The third-order valence-corrected chi connectivity index (χ3v) is 6.03. The Morgan fingerprint density at radius 3 is 2.35 bits per heavy atom. The van der Waals surface area contributed by atoms with E-state index in [2.05, 4.69) is 15.5 Å². The molecule has 0 atom stereocenters. The molecule has 1 saturated carbocycles. The molecular weight excluding hydrogens is 450 g/mol. The second kappa shape index (κ2) is 11.2. The number of para-hydroxylation sites is 2. The highest BCUT2D eigenvalue weighted by Gasteiger charge is 2.29. The predicted octanol–water partition coefficient (Wildman–Crippen LogP) is 5.59. The number of rotatable bonds is 10. The molecule has 6 nitrogen and oxygen atoms in total. The SMILES string of the molecule is COc1ccccc1NC(=O)c1ccc(NC(=O)CCN(Cc2ccc(Cl)cc2)C2CC2)cc1. The first-order valence-electron chi connectivity index (χ1n) is 11.3. The largest absolute Gasteiger partial charge is 0.495 e. The molecule has 1 aliphatic carbocycles. The van der Waals surface area contributed by atoms with Crippen LogP contribution in [0.4, 0.5) is 11.4 Å². The van der Waals surface area contributed by atoms with Crippen LogP contribution in [0.3, 0.4) is 0 Å². The van der Waals surface area contributed by atoms with Crippen LogP contribution in [0, 0.1) is 0 Å². The average molecular weight is 478 g/mol. The van der Waals surface area contributed by atoms with Gasteiger partial charge in [-0.25, -0.2) is 0 Å². The van der Waals surface area contributed by atoms with Gasteiger partial charge in [-0.3, -0.25) is 14.5 Å². The highest BCUT2D eigenvalue weighted by Crippen LogP contribution is 2.29. The van der Waals surface area contributed by atoms with Crippen LogP contribution in [-0.2, 0) is 11.3 Å². The van der Waals surface area contributed by atoms with Gasteiger partial charge in [0.25, 0.3) is 5.91 Å². The van der Waals surface area contributed by atoms with Gasteiger partial charge < -0.3 is 15.4 Å². The van der Waals surface area contributed by atoms with Crippen molar-refractivity contribution >= 4 is 34.8 Å². The monoisotopic (exact) mass is 477 g/mol. The number of hydrogen-bond acceptors (Lipinski definition) is 4. The van der Waals surface area contributed by atoms with E-state index in [-0.39, 0.29) is 11.8 Å².